The molecule has 104 valence electrons. The first-order chi connectivity index (χ1) is 9.13. The molecule has 2 unspecified atom stereocenters. The van der Waals surface area contributed by atoms with Gasteiger partial charge in [0.2, 0.25) is 5.91 Å². The summed E-state index contributed by atoms with van der Waals surface area (Å²) in [6.45, 7) is 3.39. The summed E-state index contributed by atoms with van der Waals surface area (Å²) in [5.41, 5.74) is 6.74. The van der Waals surface area contributed by atoms with Crippen LogP contribution in [0.3, 0.4) is 0 Å². The van der Waals surface area contributed by atoms with Crippen molar-refractivity contribution in [1.29, 1.82) is 0 Å². The maximum atomic E-state index is 12.2. The standard InChI is InChI=1S/C14H20BrN3O/c1-10-6-8-17-14(19)13(5-7-16)18(10)12-4-2-3-11(15)9-12/h2-4,9-10,13H,5-8,16H2,1H3,(H,17,19). The molecule has 0 saturated carbocycles. The normalized spacial score (nSPS) is 23.9. The first kappa shape index (κ1) is 14.3. The van der Waals surface area contributed by atoms with E-state index >= 15 is 0 Å². The Morgan fingerprint density at radius 3 is 3.00 bits per heavy atom. The van der Waals surface area contributed by atoms with E-state index in [0.29, 0.717) is 19.0 Å². The van der Waals surface area contributed by atoms with Crippen molar-refractivity contribution in [3.63, 3.8) is 0 Å². The quantitative estimate of drug-likeness (QED) is 0.892. The molecule has 0 radical (unpaired) electrons. The van der Waals surface area contributed by atoms with Crippen molar-refractivity contribution in [1.82, 2.24) is 5.32 Å². The maximum Gasteiger partial charge on any atom is 0.242 e. The molecule has 2 atom stereocenters. The van der Waals surface area contributed by atoms with E-state index in [1.54, 1.807) is 0 Å². The van der Waals surface area contributed by atoms with Crippen LogP contribution in [-0.4, -0.2) is 31.1 Å². The average molecular weight is 326 g/mol. The van der Waals surface area contributed by atoms with Crippen LogP contribution in [0.1, 0.15) is 19.8 Å². The molecular weight excluding hydrogens is 306 g/mol. The molecule has 1 heterocycles. The molecule has 19 heavy (non-hydrogen) atoms. The molecule has 1 aromatic rings. The highest BCUT2D eigenvalue weighted by molar-refractivity contribution is 9.10. The van der Waals surface area contributed by atoms with Crippen molar-refractivity contribution < 1.29 is 4.79 Å². The first-order valence-electron chi connectivity index (χ1n) is 6.65. The Hall–Kier alpha value is -1.07. The van der Waals surface area contributed by atoms with Gasteiger partial charge in [0, 0.05) is 22.7 Å². The lowest BCUT2D eigenvalue weighted by Crippen LogP contribution is -2.48. The van der Waals surface area contributed by atoms with Gasteiger partial charge in [-0.05, 0) is 44.5 Å². The second-order valence-electron chi connectivity index (χ2n) is 4.91. The van der Waals surface area contributed by atoms with Crippen LogP contribution in [-0.2, 0) is 4.79 Å². The maximum absolute atomic E-state index is 12.2. The van der Waals surface area contributed by atoms with Crippen LogP contribution in [0, 0.1) is 0 Å². The minimum absolute atomic E-state index is 0.0785. The predicted molar refractivity (Wildman–Crippen MR) is 81.2 cm³/mol. The van der Waals surface area contributed by atoms with Crippen molar-refractivity contribution in [2.45, 2.75) is 31.8 Å². The zero-order valence-corrected chi connectivity index (χ0v) is 12.7. The van der Waals surface area contributed by atoms with E-state index in [0.717, 1.165) is 23.1 Å². The number of nitrogens with one attached hydrogen (secondary N) is 1. The molecule has 4 nitrogen and oxygen atoms in total. The molecule has 2 rings (SSSR count). The number of carbonyl (C=O) groups is 1. The van der Waals surface area contributed by atoms with E-state index in [9.17, 15) is 4.79 Å². The van der Waals surface area contributed by atoms with Gasteiger partial charge in [-0.1, -0.05) is 22.0 Å². The fourth-order valence-corrected chi connectivity index (χ4v) is 2.98. The molecule has 0 bridgehead atoms. The van der Waals surface area contributed by atoms with Gasteiger partial charge in [-0.2, -0.15) is 0 Å². The van der Waals surface area contributed by atoms with Gasteiger partial charge in [-0.15, -0.1) is 0 Å². The second-order valence-corrected chi connectivity index (χ2v) is 5.82. The third kappa shape index (κ3) is 3.28. The Bertz CT molecular complexity index is 452. The highest BCUT2D eigenvalue weighted by Gasteiger charge is 2.31. The number of nitrogens with two attached hydrogens (primary N) is 1. The Morgan fingerprint density at radius 1 is 1.53 bits per heavy atom. The zero-order chi connectivity index (χ0) is 13.8. The number of anilines is 1. The monoisotopic (exact) mass is 325 g/mol. The average Bonchev–Trinajstić information content (AvgIpc) is 2.50. The highest BCUT2D eigenvalue weighted by Crippen LogP contribution is 2.27. The van der Waals surface area contributed by atoms with Gasteiger partial charge in [0.15, 0.2) is 0 Å². The van der Waals surface area contributed by atoms with Gasteiger partial charge in [-0.25, -0.2) is 0 Å². The minimum Gasteiger partial charge on any atom is -0.357 e. The van der Waals surface area contributed by atoms with E-state index in [2.05, 4.69) is 39.1 Å². The summed E-state index contributed by atoms with van der Waals surface area (Å²) in [6, 6.07) is 8.21. The van der Waals surface area contributed by atoms with E-state index < -0.39 is 0 Å². The van der Waals surface area contributed by atoms with Crippen molar-refractivity contribution in [3.8, 4) is 0 Å². The summed E-state index contributed by atoms with van der Waals surface area (Å²) in [5.74, 6) is 0.0785. The molecule has 0 spiro atoms. The van der Waals surface area contributed by atoms with Gasteiger partial charge >= 0.3 is 0 Å². The molecule has 0 aromatic heterocycles. The number of hydrogen-bond acceptors (Lipinski definition) is 3. The Labute approximate surface area is 122 Å². The van der Waals surface area contributed by atoms with Gasteiger partial charge in [0.25, 0.3) is 0 Å². The fraction of sp³-hybridized carbons (Fsp3) is 0.500. The van der Waals surface area contributed by atoms with Gasteiger partial charge in [0.05, 0.1) is 0 Å². The number of halogens is 1. The minimum atomic E-state index is -0.184. The first-order valence-corrected chi connectivity index (χ1v) is 7.44. The van der Waals surface area contributed by atoms with Crippen molar-refractivity contribution in [2.75, 3.05) is 18.0 Å². The Kier molecular flexibility index (Phi) is 4.82. The molecule has 1 aliphatic heterocycles. The van der Waals surface area contributed by atoms with Crippen LogP contribution in [0.5, 0.6) is 0 Å². The number of carbonyl (C=O) groups excluding carboxylic acids is 1. The fourth-order valence-electron chi connectivity index (χ4n) is 2.59. The van der Waals surface area contributed by atoms with E-state index in [1.165, 1.54) is 0 Å². The topological polar surface area (TPSA) is 58.4 Å². The van der Waals surface area contributed by atoms with Crippen LogP contribution < -0.4 is 16.0 Å². The molecular formula is C14H20BrN3O. The third-order valence-corrected chi connectivity index (χ3v) is 4.01. The number of hydrogen-bond donors (Lipinski definition) is 2. The number of amides is 1. The molecule has 5 heteroatoms. The van der Waals surface area contributed by atoms with Crippen LogP contribution in [0.25, 0.3) is 0 Å². The van der Waals surface area contributed by atoms with Crippen molar-refractivity contribution in [3.05, 3.63) is 28.7 Å². The zero-order valence-electron chi connectivity index (χ0n) is 11.1. The van der Waals surface area contributed by atoms with Crippen LogP contribution in [0.15, 0.2) is 28.7 Å². The van der Waals surface area contributed by atoms with Crippen molar-refractivity contribution in [2.24, 2.45) is 5.73 Å². The Balaban J connectivity index is 2.37. The molecule has 1 amide bonds. The van der Waals surface area contributed by atoms with Gasteiger partial charge < -0.3 is 16.0 Å². The summed E-state index contributed by atoms with van der Waals surface area (Å²) < 4.78 is 1.02. The molecule has 1 fully saturated rings. The van der Waals surface area contributed by atoms with Gasteiger partial charge in [-0.3, -0.25) is 4.79 Å². The highest BCUT2D eigenvalue weighted by atomic mass is 79.9. The predicted octanol–water partition coefficient (Wildman–Crippen LogP) is 1.88. The number of nitrogens with zero attached hydrogens (tertiary/aromatic N) is 1. The lowest BCUT2D eigenvalue weighted by molar-refractivity contribution is -0.122. The number of rotatable bonds is 3. The lowest BCUT2D eigenvalue weighted by Gasteiger charge is -2.35. The second kappa shape index (κ2) is 6.39. The smallest absolute Gasteiger partial charge is 0.242 e. The lowest BCUT2D eigenvalue weighted by atomic mass is 10.1. The Morgan fingerprint density at radius 2 is 2.32 bits per heavy atom. The largest absolute Gasteiger partial charge is 0.357 e. The third-order valence-electron chi connectivity index (χ3n) is 3.52. The molecule has 3 N–H and O–H groups in total. The van der Waals surface area contributed by atoms with Gasteiger partial charge in [0.1, 0.15) is 6.04 Å². The molecule has 0 aliphatic carbocycles. The molecule has 1 aliphatic rings. The van der Waals surface area contributed by atoms with E-state index in [-0.39, 0.29) is 11.9 Å². The summed E-state index contributed by atoms with van der Waals surface area (Å²) in [5, 5.41) is 2.98. The van der Waals surface area contributed by atoms with Crippen LogP contribution in [0.4, 0.5) is 5.69 Å². The summed E-state index contributed by atoms with van der Waals surface area (Å²) in [7, 11) is 0. The van der Waals surface area contributed by atoms with Crippen LogP contribution in [0.2, 0.25) is 0 Å². The van der Waals surface area contributed by atoms with E-state index in [1.807, 2.05) is 18.2 Å². The summed E-state index contributed by atoms with van der Waals surface area (Å²) in [6.07, 6.45) is 1.61. The van der Waals surface area contributed by atoms with E-state index in [4.69, 9.17) is 5.73 Å². The molecule has 1 aromatic carbocycles. The summed E-state index contributed by atoms with van der Waals surface area (Å²) >= 11 is 3.49. The van der Waals surface area contributed by atoms with Crippen molar-refractivity contribution >= 4 is 27.5 Å². The summed E-state index contributed by atoms with van der Waals surface area (Å²) in [4.78, 5) is 14.4. The van der Waals surface area contributed by atoms with Crippen LogP contribution >= 0.6 is 15.9 Å². The molecule has 1 saturated heterocycles. The number of benzene rings is 1. The SMILES string of the molecule is CC1CCNC(=O)C(CCN)N1c1cccc(Br)c1.